The summed E-state index contributed by atoms with van der Waals surface area (Å²) in [5.41, 5.74) is 0.439. The van der Waals surface area contributed by atoms with Crippen molar-refractivity contribution >= 4 is 11.7 Å². The summed E-state index contributed by atoms with van der Waals surface area (Å²) in [6.45, 7) is 0.0721. The van der Waals surface area contributed by atoms with Crippen LogP contribution in [-0.2, 0) is 15.8 Å². The lowest BCUT2D eigenvalue weighted by atomic mass is 10.0. The van der Waals surface area contributed by atoms with Crippen molar-refractivity contribution in [2.45, 2.75) is 18.4 Å². The van der Waals surface area contributed by atoms with E-state index >= 15 is 0 Å². The van der Waals surface area contributed by atoms with E-state index in [1.165, 1.54) is 17.0 Å². The molecule has 1 aromatic rings. The molecule has 11 heteroatoms. The smallest absolute Gasteiger partial charge is 0.368 e. The summed E-state index contributed by atoms with van der Waals surface area (Å²) in [6, 6.07) is 3.90. The summed E-state index contributed by atoms with van der Waals surface area (Å²) in [4.78, 5) is 15.8. The van der Waals surface area contributed by atoms with Gasteiger partial charge in [-0.2, -0.15) is 31.6 Å². The van der Waals surface area contributed by atoms with E-state index in [1.807, 2.05) is 5.48 Å². The van der Waals surface area contributed by atoms with Gasteiger partial charge in [0, 0.05) is 18.8 Å². The molecule has 0 amide bonds. The minimum atomic E-state index is -5.13. The highest BCUT2D eigenvalue weighted by atomic mass is 19.4. The molecule has 2 rings (SSSR count). The summed E-state index contributed by atoms with van der Waals surface area (Å²) in [5, 5.41) is 8.70. The Kier molecular flexibility index (Phi) is 4.61. The molecule has 0 bridgehead atoms. The zero-order valence-corrected chi connectivity index (χ0v) is 11.7. The Bertz CT molecular complexity index is 674. The first-order valence-electron chi connectivity index (χ1n) is 6.42. The number of nitrogens with one attached hydrogen (secondary N) is 1. The van der Waals surface area contributed by atoms with Crippen molar-refractivity contribution in [3.63, 3.8) is 0 Å². The number of nitrogens with zero attached hydrogens (tertiary/aromatic N) is 2. The Balaban J connectivity index is 1.97. The lowest BCUT2D eigenvalue weighted by molar-refractivity contribution is -0.208. The second kappa shape index (κ2) is 6.20. The Morgan fingerprint density at radius 2 is 1.88 bits per heavy atom. The van der Waals surface area contributed by atoms with Crippen molar-refractivity contribution in [3.05, 3.63) is 29.3 Å². The van der Waals surface area contributed by atoms with Crippen LogP contribution in [0.25, 0.3) is 0 Å². The molecule has 1 fully saturated rings. The third-order valence-corrected chi connectivity index (χ3v) is 3.23. The fraction of sp³-hybridized carbons (Fsp3) is 0.385. The van der Waals surface area contributed by atoms with E-state index in [-0.39, 0.29) is 18.8 Å². The minimum absolute atomic E-state index is 0.0360. The van der Waals surface area contributed by atoms with Crippen LogP contribution in [0.2, 0.25) is 0 Å². The molecule has 24 heavy (non-hydrogen) atoms. The second-order valence-electron chi connectivity index (χ2n) is 4.95. The van der Waals surface area contributed by atoms with Crippen LogP contribution >= 0.6 is 0 Å². The predicted molar refractivity (Wildman–Crippen MR) is 67.4 cm³/mol. The second-order valence-corrected chi connectivity index (χ2v) is 4.95. The number of carbonyl (C=O) groups is 1. The van der Waals surface area contributed by atoms with Crippen LogP contribution in [-0.4, -0.2) is 31.3 Å². The molecule has 1 heterocycles. The van der Waals surface area contributed by atoms with Gasteiger partial charge in [-0.3, -0.25) is 0 Å². The summed E-state index contributed by atoms with van der Waals surface area (Å²) in [7, 11) is 0. The summed E-state index contributed by atoms with van der Waals surface area (Å²) >= 11 is 0. The first kappa shape index (κ1) is 17.9. The molecule has 0 atom stereocenters. The fourth-order valence-corrected chi connectivity index (χ4v) is 2.02. The third-order valence-electron chi connectivity index (χ3n) is 3.23. The average Bonchev–Trinajstić information content (AvgIpc) is 2.43. The van der Waals surface area contributed by atoms with E-state index in [0.29, 0.717) is 0 Å². The molecule has 1 saturated heterocycles. The van der Waals surface area contributed by atoms with Crippen molar-refractivity contribution in [3.8, 4) is 6.07 Å². The number of anilines is 1. The average molecular weight is 353 g/mol. The van der Waals surface area contributed by atoms with Gasteiger partial charge in [0.1, 0.15) is 0 Å². The Labute approximate surface area is 131 Å². The summed E-state index contributed by atoms with van der Waals surface area (Å²) in [6.07, 6.45) is -9.84. The predicted octanol–water partition coefficient (Wildman–Crippen LogP) is 2.38. The molecule has 1 aromatic carbocycles. The molecule has 0 aromatic heterocycles. The van der Waals surface area contributed by atoms with E-state index in [1.54, 1.807) is 0 Å². The summed E-state index contributed by atoms with van der Waals surface area (Å²) < 4.78 is 74.4. The van der Waals surface area contributed by atoms with Gasteiger partial charge in [0.2, 0.25) is 0 Å². The molecule has 0 aliphatic carbocycles. The van der Waals surface area contributed by atoms with Crippen LogP contribution in [0, 0.1) is 11.3 Å². The first-order chi connectivity index (χ1) is 11.0. The highest BCUT2D eigenvalue weighted by Gasteiger charge is 2.42. The number of rotatable bonds is 3. The van der Waals surface area contributed by atoms with Crippen molar-refractivity contribution in [1.29, 1.82) is 5.26 Å². The molecular formula is C13H9F6N3O2. The topological polar surface area (TPSA) is 65.4 Å². The van der Waals surface area contributed by atoms with Gasteiger partial charge < -0.3 is 9.74 Å². The first-order valence-corrected chi connectivity index (χ1v) is 6.42. The Morgan fingerprint density at radius 1 is 1.25 bits per heavy atom. The molecule has 0 radical (unpaired) electrons. The number of nitriles is 1. The number of hydrogen-bond donors (Lipinski definition) is 1. The van der Waals surface area contributed by atoms with E-state index < -0.39 is 35.5 Å². The zero-order chi connectivity index (χ0) is 18.1. The third kappa shape index (κ3) is 3.88. The highest BCUT2D eigenvalue weighted by Crippen LogP contribution is 2.35. The van der Waals surface area contributed by atoms with Gasteiger partial charge in [-0.1, -0.05) is 0 Å². The fourth-order valence-electron chi connectivity index (χ4n) is 2.02. The van der Waals surface area contributed by atoms with Crippen molar-refractivity contribution in [1.82, 2.24) is 5.48 Å². The monoisotopic (exact) mass is 353 g/mol. The molecule has 1 N–H and O–H groups in total. The van der Waals surface area contributed by atoms with Crippen LogP contribution in [0.3, 0.4) is 0 Å². The molecule has 5 nitrogen and oxygen atoms in total. The van der Waals surface area contributed by atoms with Crippen LogP contribution in [0.1, 0.15) is 11.1 Å². The van der Waals surface area contributed by atoms with Gasteiger partial charge >= 0.3 is 18.3 Å². The largest absolute Gasteiger partial charge is 0.492 e. The quantitative estimate of drug-likeness (QED) is 0.668. The SMILES string of the molecule is N#Cc1ccc(N2CC(NOC(=O)C(F)(F)F)C2)cc1C(F)(F)F. The number of hydrogen-bond acceptors (Lipinski definition) is 5. The van der Waals surface area contributed by atoms with Gasteiger partial charge in [-0.05, 0) is 18.2 Å². The molecule has 130 valence electrons. The number of halogens is 6. The highest BCUT2D eigenvalue weighted by molar-refractivity contribution is 5.75. The van der Waals surface area contributed by atoms with E-state index in [0.717, 1.165) is 12.1 Å². The maximum absolute atomic E-state index is 12.9. The molecule has 0 saturated carbocycles. The number of benzene rings is 1. The van der Waals surface area contributed by atoms with Crippen molar-refractivity contribution < 1.29 is 36.0 Å². The van der Waals surface area contributed by atoms with Crippen LogP contribution in [0.5, 0.6) is 0 Å². The van der Waals surface area contributed by atoms with Crippen molar-refractivity contribution in [2.24, 2.45) is 0 Å². The maximum Gasteiger partial charge on any atom is 0.492 e. The van der Waals surface area contributed by atoms with E-state index in [2.05, 4.69) is 4.84 Å². The molecule has 0 spiro atoms. The maximum atomic E-state index is 12.9. The van der Waals surface area contributed by atoms with E-state index in [9.17, 15) is 31.1 Å². The van der Waals surface area contributed by atoms with Gasteiger partial charge in [-0.25, -0.2) is 4.79 Å². The van der Waals surface area contributed by atoms with Crippen LogP contribution < -0.4 is 10.4 Å². The normalized spacial score (nSPS) is 15.6. The van der Waals surface area contributed by atoms with Gasteiger partial charge in [0.25, 0.3) is 0 Å². The van der Waals surface area contributed by atoms with Gasteiger partial charge in [-0.15, -0.1) is 5.48 Å². The molecule has 0 unspecified atom stereocenters. The van der Waals surface area contributed by atoms with E-state index in [4.69, 9.17) is 5.26 Å². The lowest BCUT2D eigenvalue weighted by Gasteiger charge is -2.40. The molecule has 1 aliphatic heterocycles. The van der Waals surface area contributed by atoms with Crippen LogP contribution in [0.15, 0.2) is 18.2 Å². The van der Waals surface area contributed by atoms with Crippen molar-refractivity contribution in [2.75, 3.05) is 18.0 Å². The summed E-state index contributed by atoms with van der Waals surface area (Å²) in [5.74, 6) is -2.40. The Morgan fingerprint density at radius 3 is 2.38 bits per heavy atom. The van der Waals surface area contributed by atoms with Gasteiger partial charge in [0.05, 0.1) is 23.2 Å². The number of carbonyl (C=O) groups excluding carboxylic acids is 1. The number of alkyl halides is 6. The zero-order valence-electron chi connectivity index (χ0n) is 11.7. The molecular weight excluding hydrogens is 344 g/mol. The number of hydroxylamine groups is 1. The van der Waals surface area contributed by atoms with Crippen LogP contribution in [0.4, 0.5) is 32.0 Å². The standard InChI is InChI=1S/C13H9F6N3O2/c14-12(15,16)10-3-9(2-1-7(10)4-20)22-5-8(6-22)21-24-11(23)13(17,18)19/h1-3,8,21H,5-6H2. The molecule has 1 aliphatic rings. The van der Waals surface area contributed by atoms with Gasteiger partial charge in [0.15, 0.2) is 0 Å². The minimum Gasteiger partial charge on any atom is -0.368 e. The lowest BCUT2D eigenvalue weighted by Crippen LogP contribution is -2.58. The Hall–Kier alpha value is -2.48.